The van der Waals surface area contributed by atoms with E-state index in [1.54, 1.807) is 12.1 Å². The molecular formula is C25H19Cl2N3O3S. The van der Waals surface area contributed by atoms with Crippen LogP contribution in [-0.4, -0.2) is 14.3 Å². The molecule has 3 N–H and O–H groups in total. The number of rotatable bonds is 7. The maximum atomic E-state index is 13.0. The van der Waals surface area contributed by atoms with Gasteiger partial charge in [0.1, 0.15) is 0 Å². The molecule has 6 nitrogen and oxygen atoms in total. The molecule has 4 rings (SSSR count). The predicted molar refractivity (Wildman–Crippen MR) is 138 cm³/mol. The van der Waals surface area contributed by atoms with E-state index in [0.29, 0.717) is 15.7 Å². The Morgan fingerprint density at radius 1 is 0.676 bits per heavy atom. The monoisotopic (exact) mass is 511 g/mol. The van der Waals surface area contributed by atoms with Gasteiger partial charge in [-0.25, -0.2) is 8.42 Å². The first-order chi connectivity index (χ1) is 16.3. The van der Waals surface area contributed by atoms with E-state index in [1.165, 1.54) is 42.5 Å². The van der Waals surface area contributed by atoms with Crippen molar-refractivity contribution in [1.29, 1.82) is 0 Å². The van der Waals surface area contributed by atoms with Crippen molar-refractivity contribution < 1.29 is 13.2 Å². The van der Waals surface area contributed by atoms with Crippen LogP contribution in [0.4, 0.5) is 22.7 Å². The van der Waals surface area contributed by atoms with Gasteiger partial charge in [0.05, 0.1) is 16.1 Å². The van der Waals surface area contributed by atoms with Crippen molar-refractivity contribution in [3.8, 4) is 0 Å². The first kappa shape index (κ1) is 23.6. The maximum absolute atomic E-state index is 13.0. The fraction of sp³-hybridized carbons (Fsp3) is 0. The Bertz CT molecular complexity index is 1410. The summed E-state index contributed by atoms with van der Waals surface area (Å²) in [7, 11) is -3.95. The molecule has 0 unspecified atom stereocenters. The summed E-state index contributed by atoms with van der Waals surface area (Å²) in [5.41, 5.74) is 2.50. The van der Waals surface area contributed by atoms with E-state index < -0.39 is 15.9 Å². The van der Waals surface area contributed by atoms with Crippen LogP contribution < -0.4 is 15.4 Å². The van der Waals surface area contributed by atoms with Gasteiger partial charge in [0.2, 0.25) is 0 Å². The van der Waals surface area contributed by atoms with Gasteiger partial charge >= 0.3 is 0 Å². The van der Waals surface area contributed by atoms with Crippen LogP contribution in [0.1, 0.15) is 10.4 Å². The molecule has 0 spiro atoms. The number of hydrogen-bond acceptors (Lipinski definition) is 4. The minimum absolute atomic E-state index is 0.0136. The summed E-state index contributed by atoms with van der Waals surface area (Å²) in [6.45, 7) is 0. The van der Waals surface area contributed by atoms with Crippen LogP contribution in [0.5, 0.6) is 0 Å². The number of carbonyl (C=O) groups excluding carboxylic acids is 1. The lowest BCUT2D eigenvalue weighted by atomic mass is 10.1. The van der Waals surface area contributed by atoms with Crippen LogP contribution in [0.15, 0.2) is 102 Å². The average Bonchev–Trinajstić information content (AvgIpc) is 2.82. The number of amides is 1. The minimum Gasteiger partial charge on any atom is -0.356 e. The van der Waals surface area contributed by atoms with E-state index in [2.05, 4.69) is 15.4 Å². The number of para-hydroxylation sites is 1. The largest absolute Gasteiger partial charge is 0.356 e. The van der Waals surface area contributed by atoms with Gasteiger partial charge in [-0.2, -0.15) is 0 Å². The molecule has 0 aromatic heterocycles. The van der Waals surface area contributed by atoms with E-state index in [-0.39, 0.29) is 16.1 Å². The quantitative estimate of drug-likeness (QED) is 0.255. The third-order valence-electron chi connectivity index (χ3n) is 4.80. The molecule has 0 saturated carbocycles. The van der Waals surface area contributed by atoms with Gasteiger partial charge in [-0.3, -0.25) is 9.52 Å². The standard InChI is InChI=1S/C25H19Cl2N3O3S/c26-17-6-13-22(14-7-17)34(32,33)30-24-15-8-18(27)16-23(24)25(31)29-21-11-9-20(10-12-21)28-19-4-2-1-3-5-19/h1-16,28,30H,(H,29,31). The van der Waals surface area contributed by atoms with Crippen molar-refractivity contribution in [3.05, 3.63) is 113 Å². The second-order valence-electron chi connectivity index (χ2n) is 7.27. The van der Waals surface area contributed by atoms with Gasteiger partial charge in [-0.1, -0.05) is 41.4 Å². The van der Waals surface area contributed by atoms with E-state index in [0.717, 1.165) is 11.4 Å². The number of sulfonamides is 1. The first-order valence-electron chi connectivity index (χ1n) is 10.1. The van der Waals surface area contributed by atoms with Crippen molar-refractivity contribution in [2.24, 2.45) is 0 Å². The van der Waals surface area contributed by atoms with Gasteiger partial charge in [0, 0.05) is 27.1 Å². The molecule has 0 saturated heterocycles. The summed E-state index contributed by atoms with van der Waals surface area (Å²) >= 11 is 11.9. The van der Waals surface area contributed by atoms with E-state index >= 15 is 0 Å². The Morgan fingerprint density at radius 2 is 1.26 bits per heavy atom. The van der Waals surface area contributed by atoms with Crippen LogP contribution >= 0.6 is 23.2 Å². The van der Waals surface area contributed by atoms with Crippen LogP contribution in [0.25, 0.3) is 0 Å². The Hall–Kier alpha value is -3.52. The van der Waals surface area contributed by atoms with Gasteiger partial charge in [0.15, 0.2) is 0 Å². The Labute approximate surface area is 207 Å². The lowest BCUT2D eigenvalue weighted by molar-refractivity contribution is 0.102. The molecular weight excluding hydrogens is 493 g/mol. The van der Waals surface area contributed by atoms with E-state index in [9.17, 15) is 13.2 Å². The molecule has 0 aliphatic rings. The van der Waals surface area contributed by atoms with Crippen molar-refractivity contribution >= 4 is 61.9 Å². The zero-order valence-corrected chi connectivity index (χ0v) is 20.0. The van der Waals surface area contributed by atoms with Crippen LogP contribution in [0.2, 0.25) is 10.0 Å². The van der Waals surface area contributed by atoms with E-state index in [1.807, 2.05) is 42.5 Å². The second-order valence-corrected chi connectivity index (χ2v) is 9.83. The molecule has 172 valence electrons. The summed E-state index contributed by atoms with van der Waals surface area (Å²) in [5.74, 6) is -0.514. The predicted octanol–water partition coefficient (Wildman–Crippen LogP) is 6.79. The summed E-state index contributed by atoms with van der Waals surface area (Å²) in [4.78, 5) is 13.0. The highest BCUT2D eigenvalue weighted by molar-refractivity contribution is 7.92. The fourth-order valence-corrected chi connectivity index (χ4v) is 4.51. The third kappa shape index (κ3) is 5.88. The Morgan fingerprint density at radius 3 is 1.94 bits per heavy atom. The van der Waals surface area contributed by atoms with Crippen LogP contribution in [0, 0.1) is 0 Å². The number of anilines is 4. The van der Waals surface area contributed by atoms with Gasteiger partial charge in [0.25, 0.3) is 15.9 Å². The topological polar surface area (TPSA) is 87.3 Å². The molecule has 0 aliphatic heterocycles. The Kier molecular flexibility index (Phi) is 7.07. The normalized spacial score (nSPS) is 11.0. The number of halogens is 2. The van der Waals surface area contributed by atoms with Crippen molar-refractivity contribution in [3.63, 3.8) is 0 Å². The molecule has 0 atom stereocenters. The van der Waals surface area contributed by atoms with Gasteiger partial charge < -0.3 is 10.6 Å². The molecule has 4 aromatic rings. The number of hydrogen-bond donors (Lipinski definition) is 3. The highest BCUT2D eigenvalue weighted by atomic mass is 35.5. The van der Waals surface area contributed by atoms with Crippen molar-refractivity contribution in [1.82, 2.24) is 0 Å². The van der Waals surface area contributed by atoms with Crippen molar-refractivity contribution in [2.45, 2.75) is 4.90 Å². The fourth-order valence-electron chi connectivity index (χ4n) is 3.13. The molecule has 0 bridgehead atoms. The zero-order chi connectivity index (χ0) is 24.1. The molecule has 0 radical (unpaired) electrons. The maximum Gasteiger partial charge on any atom is 0.261 e. The first-order valence-corrected chi connectivity index (χ1v) is 12.4. The van der Waals surface area contributed by atoms with Gasteiger partial charge in [-0.05, 0) is 78.9 Å². The number of benzene rings is 4. The second kappa shape index (κ2) is 10.2. The molecule has 4 aromatic carbocycles. The lowest BCUT2D eigenvalue weighted by Crippen LogP contribution is -2.18. The third-order valence-corrected chi connectivity index (χ3v) is 6.67. The van der Waals surface area contributed by atoms with Crippen molar-refractivity contribution in [2.75, 3.05) is 15.4 Å². The minimum atomic E-state index is -3.95. The zero-order valence-electron chi connectivity index (χ0n) is 17.6. The molecule has 9 heteroatoms. The summed E-state index contributed by atoms with van der Waals surface area (Å²) < 4.78 is 28.0. The number of carbonyl (C=O) groups is 1. The van der Waals surface area contributed by atoms with Crippen LogP contribution in [0.3, 0.4) is 0 Å². The molecule has 0 heterocycles. The summed E-state index contributed by atoms with van der Waals surface area (Å²) in [6.07, 6.45) is 0. The number of nitrogens with one attached hydrogen (secondary N) is 3. The highest BCUT2D eigenvalue weighted by Gasteiger charge is 2.19. The lowest BCUT2D eigenvalue weighted by Gasteiger charge is -2.14. The molecule has 0 fully saturated rings. The summed E-state index contributed by atoms with van der Waals surface area (Å²) in [5, 5.41) is 6.74. The van der Waals surface area contributed by atoms with E-state index in [4.69, 9.17) is 23.2 Å². The highest BCUT2D eigenvalue weighted by Crippen LogP contribution is 2.26. The molecule has 1 amide bonds. The Balaban J connectivity index is 1.52. The average molecular weight is 512 g/mol. The van der Waals surface area contributed by atoms with Gasteiger partial charge in [-0.15, -0.1) is 0 Å². The SMILES string of the molecule is O=C(Nc1ccc(Nc2ccccc2)cc1)c1cc(Cl)ccc1NS(=O)(=O)c1ccc(Cl)cc1. The molecule has 0 aliphatic carbocycles. The van der Waals surface area contributed by atoms with Crippen LogP contribution in [-0.2, 0) is 10.0 Å². The molecule has 34 heavy (non-hydrogen) atoms. The smallest absolute Gasteiger partial charge is 0.261 e. The summed E-state index contributed by atoms with van der Waals surface area (Å²) in [6, 6.07) is 26.9.